The van der Waals surface area contributed by atoms with Crippen LogP contribution in [0.4, 0.5) is 0 Å². The Balaban J connectivity index is 1.68. The first-order valence-corrected chi connectivity index (χ1v) is 9.06. The maximum atomic E-state index is 12.3. The minimum Gasteiger partial charge on any atom is -0.267 e. The lowest BCUT2D eigenvalue weighted by molar-refractivity contribution is 0.0955. The van der Waals surface area contributed by atoms with Crippen LogP contribution in [0.25, 0.3) is 0 Å². The largest absolute Gasteiger partial charge is 0.271 e. The van der Waals surface area contributed by atoms with E-state index in [0.717, 1.165) is 17.0 Å². The second-order valence-corrected chi connectivity index (χ2v) is 6.99. The van der Waals surface area contributed by atoms with Gasteiger partial charge in [-0.05, 0) is 49.7 Å². The molecule has 1 amide bonds. The van der Waals surface area contributed by atoms with Gasteiger partial charge in [0.05, 0.1) is 23.5 Å². The fourth-order valence-electron chi connectivity index (χ4n) is 2.65. The van der Waals surface area contributed by atoms with Crippen LogP contribution in [0.1, 0.15) is 32.9 Å². The van der Waals surface area contributed by atoms with Crippen molar-refractivity contribution < 1.29 is 4.79 Å². The van der Waals surface area contributed by atoms with E-state index in [4.69, 9.17) is 23.2 Å². The highest BCUT2D eigenvalue weighted by Crippen LogP contribution is 2.19. The van der Waals surface area contributed by atoms with E-state index in [9.17, 15) is 4.79 Å². The molecule has 1 N–H and O–H groups in total. The SMILES string of the molecule is Cc1cc(C)n(Cc2cccc(C(=O)N/N=C\c3ccc(Cl)cc3Cl)c2)n1. The topological polar surface area (TPSA) is 59.3 Å². The van der Waals surface area contributed by atoms with Crippen LogP contribution < -0.4 is 5.43 Å². The van der Waals surface area contributed by atoms with Gasteiger partial charge < -0.3 is 0 Å². The van der Waals surface area contributed by atoms with Crippen LogP contribution in [0.15, 0.2) is 53.6 Å². The molecule has 0 bridgehead atoms. The van der Waals surface area contributed by atoms with Crippen molar-refractivity contribution in [2.45, 2.75) is 20.4 Å². The molecule has 0 fully saturated rings. The van der Waals surface area contributed by atoms with Gasteiger partial charge in [-0.1, -0.05) is 41.4 Å². The van der Waals surface area contributed by atoms with E-state index in [-0.39, 0.29) is 5.91 Å². The van der Waals surface area contributed by atoms with E-state index in [1.807, 2.05) is 42.8 Å². The summed E-state index contributed by atoms with van der Waals surface area (Å²) in [7, 11) is 0. The lowest BCUT2D eigenvalue weighted by Crippen LogP contribution is -2.18. The Morgan fingerprint density at radius 1 is 1.19 bits per heavy atom. The summed E-state index contributed by atoms with van der Waals surface area (Å²) in [5, 5.41) is 9.43. The second kappa shape index (κ2) is 8.37. The lowest BCUT2D eigenvalue weighted by Gasteiger charge is -2.07. The third-order valence-corrected chi connectivity index (χ3v) is 4.52. The molecule has 2 aromatic carbocycles. The minimum absolute atomic E-state index is 0.299. The fraction of sp³-hybridized carbons (Fsp3) is 0.150. The zero-order valence-electron chi connectivity index (χ0n) is 14.9. The molecule has 7 heteroatoms. The third kappa shape index (κ3) is 4.96. The van der Waals surface area contributed by atoms with Crippen molar-refractivity contribution in [1.82, 2.24) is 15.2 Å². The maximum Gasteiger partial charge on any atom is 0.271 e. The smallest absolute Gasteiger partial charge is 0.267 e. The zero-order chi connectivity index (χ0) is 19.4. The monoisotopic (exact) mass is 400 g/mol. The van der Waals surface area contributed by atoms with Crippen molar-refractivity contribution >= 4 is 35.3 Å². The number of aromatic nitrogens is 2. The molecule has 0 spiro atoms. The van der Waals surface area contributed by atoms with Crippen molar-refractivity contribution in [2.75, 3.05) is 0 Å². The number of hydrazone groups is 1. The molecule has 3 aromatic rings. The Labute approximate surface area is 167 Å². The first-order valence-electron chi connectivity index (χ1n) is 8.31. The molecule has 0 radical (unpaired) electrons. The van der Waals surface area contributed by atoms with Crippen molar-refractivity contribution in [2.24, 2.45) is 5.10 Å². The number of carbonyl (C=O) groups is 1. The van der Waals surface area contributed by atoms with Gasteiger partial charge in [-0.25, -0.2) is 5.43 Å². The van der Waals surface area contributed by atoms with Crippen molar-refractivity contribution in [1.29, 1.82) is 0 Å². The number of hydrogen-bond donors (Lipinski definition) is 1. The standard InChI is InChI=1S/C20H18Cl2N4O/c1-13-8-14(2)26(25-13)12-15-4-3-5-16(9-15)20(27)24-23-11-17-6-7-18(21)10-19(17)22/h3-11H,12H2,1-2H3,(H,24,27)/b23-11-. The summed E-state index contributed by atoms with van der Waals surface area (Å²) in [5.41, 5.74) is 6.73. The van der Waals surface area contributed by atoms with E-state index in [2.05, 4.69) is 15.6 Å². The number of halogens is 2. The summed E-state index contributed by atoms with van der Waals surface area (Å²) < 4.78 is 1.91. The number of hydrogen-bond acceptors (Lipinski definition) is 3. The summed E-state index contributed by atoms with van der Waals surface area (Å²) in [6.07, 6.45) is 1.48. The van der Waals surface area contributed by atoms with Gasteiger partial charge in [0, 0.05) is 21.8 Å². The van der Waals surface area contributed by atoms with E-state index in [1.165, 1.54) is 6.21 Å². The Hall–Kier alpha value is -2.63. The molecule has 3 rings (SSSR count). The lowest BCUT2D eigenvalue weighted by atomic mass is 10.1. The van der Waals surface area contributed by atoms with Crippen LogP contribution in [-0.2, 0) is 6.54 Å². The van der Waals surface area contributed by atoms with E-state index >= 15 is 0 Å². The number of benzene rings is 2. The summed E-state index contributed by atoms with van der Waals surface area (Å²) in [5.74, 6) is -0.299. The van der Waals surface area contributed by atoms with Crippen LogP contribution >= 0.6 is 23.2 Å². The van der Waals surface area contributed by atoms with E-state index in [0.29, 0.717) is 27.7 Å². The molecule has 1 aromatic heterocycles. The highest BCUT2D eigenvalue weighted by Gasteiger charge is 2.07. The third-order valence-electron chi connectivity index (χ3n) is 3.96. The van der Waals surface area contributed by atoms with Crippen molar-refractivity contribution in [3.8, 4) is 0 Å². The van der Waals surface area contributed by atoms with Crippen LogP contribution in [0.2, 0.25) is 10.0 Å². The molecular weight excluding hydrogens is 383 g/mol. The molecule has 0 aliphatic heterocycles. The van der Waals surface area contributed by atoms with E-state index in [1.54, 1.807) is 24.3 Å². The highest BCUT2D eigenvalue weighted by molar-refractivity contribution is 6.36. The predicted octanol–water partition coefficient (Wildman–Crippen LogP) is 4.62. The van der Waals surface area contributed by atoms with Gasteiger partial charge >= 0.3 is 0 Å². The average molecular weight is 401 g/mol. The number of rotatable bonds is 5. The van der Waals surface area contributed by atoms with E-state index < -0.39 is 0 Å². The maximum absolute atomic E-state index is 12.3. The summed E-state index contributed by atoms with van der Waals surface area (Å²) in [4.78, 5) is 12.3. The highest BCUT2D eigenvalue weighted by atomic mass is 35.5. The quantitative estimate of drug-likeness (QED) is 0.501. The van der Waals surface area contributed by atoms with Crippen LogP contribution in [-0.4, -0.2) is 21.9 Å². The second-order valence-electron chi connectivity index (χ2n) is 6.15. The van der Waals surface area contributed by atoms with Gasteiger partial charge in [0.2, 0.25) is 0 Å². The number of aryl methyl sites for hydroxylation is 2. The molecule has 138 valence electrons. The van der Waals surface area contributed by atoms with Gasteiger partial charge in [-0.2, -0.15) is 10.2 Å². The van der Waals surface area contributed by atoms with Gasteiger partial charge in [0.1, 0.15) is 0 Å². The van der Waals surface area contributed by atoms with Gasteiger partial charge in [-0.3, -0.25) is 9.48 Å². The Morgan fingerprint density at radius 3 is 2.70 bits per heavy atom. The Kier molecular flexibility index (Phi) is 5.94. The van der Waals surface area contributed by atoms with Gasteiger partial charge in [-0.15, -0.1) is 0 Å². The molecule has 5 nitrogen and oxygen atoms in total. The number of carbonyl (C=O) groups excluding carboxylic acids is 1. The fourth-order valence-corrected chi connectivity index (χ4v) is 3.11. The minimum atomic E-state index is -0.299. The zero-order valence-corrected chi connectivity index (χ0v) is 16.4. The first kappa shape index (κ1) is 19.1. The summed E-state index contributed by atoms with van der Waals surface area (Å²) >= 11 is 11.9. The Bertz CT molecular complexity index is 1010. The molecule has 0 unspecified atom stereocenters. The van der Waals surface area contributed by atoms with Crippen LogP contribution in [0.3, 0.4) is 0 Å². The molecule has 0 saturated heterocycles. The van der Waals surface area contributed by atoms with Crippen LogP contribution in [0.5, 0.6) is 0 Å². The van der Waals surface area contributed by atoms with Gasteiger partial charge in [0.25, 0.3) is 5.91 Å². The summed E-state index contributed by atoms with van der Waals surface area (Å²) in [6, 6.07) is 14.5. The molecule has 0 aliphatic carbocycles. The van der Waals surface area contributed by atoms with Crippen molar-refractivity contribution in [3.05, 3.63) is 86.7 Å². The molecule has 1 heterocycles. The van der Waals surface area contributed by atoms with Crippen molar-refractivity contribution in [3.63, 3.8) is 0 Å². The molecule has 0 atom stereocenters. The normalized spacial score (nSPS) is 11.1. The number of nitrogens with one attached hydrogen (secondary N) is 1. The average Bonchev–Trinajstić information content (AvgIpc) is 2.94. The van der Waals surface area contributed by atoms with Crippen LogP contribution in [0, 0.1) is 13.8 Å². The summed E-state index contributed by atoms with van der Waals surface area (Å²) in [6.45, 7) is 4.57. The molecule has 0 aliphatic rings. The number of amides is 1. The van der Waals surface area contributed by atoms with Gasteiger partial charge in [0.15, 0.2) is 0 Å². The predicted molar refractivity (Wildman–Crippen MR) is 109 cm³/mol. The Morgan fingerprint density at radius 2 is 2.00 bits per heavy atom. The number of nitrogens with zero attached hydrogens (tertiary/aromatic N) is 3. The molecular formula is C20H18Cl2N4O. The first-order chi connectivity index (χ1) is 12.9. The molecule has 27 heavy (non-hydrogen) atoms. The molecule has 0 saturated carbocycles.